The third-order valence-electron chi connectivity index (χ3n) is 7.57. The molecule has 2 aromatic rings. The zero-order valence-electron chi connectivity index (χ0n) is 27.5. The summed E-state index contributed by atoms with van der Waals surface area (Å²) in [4.78, 5) is 38.6. The van der Waals surface area contributed by atoms with Crippen LogP contribution in [0.4, 0.5) is 11.4 Å². The monoisotopic (exact) mass is 643 g/mol. The maximum atomic E-state index is 13.1. The standard InChI is InChI=1S/C35H53N3O6S/c1-5-6-7-8-9-10-11-12-13-14-15-16-17-18-31(39)37-27-19-23-29(24-20-27)44-32(33(40)35(2,3)4)34(41)38-28-21-25-30(26-22-28)45(36,42)43/h19-26,32H,5-18H2,1-4H3,(H,37,39)(H,38,41)(H2,36,42,43). The first kappa shape index (κ1) is 37.9. The highest BCUT2D eigenvalue weighted by Crippen LogP contribution is 2.24. The Morgan fingerprint density at radius 1 is 0.711 bits per heavy atom. The van der Waals surface area contributed by atoms with Crippen molar-refractivity contribution in [2.24, 2.45) is 10.6 Å². The van der Waals surface area contributed by atoms with Gasteiger partial charge in [0.05, 0.1) is 4.90 Å². The van der Waals surface area contributed by atoms with Gasteiger partial charge in [-0.3, -0.25) is 14.4 Å². The van der Waals surface area contributed by atoms with Crippen molar-refractivity contribution in [3.8, 4) is 5.75 Å². The van der Waals surface area contributed by atoms with Gasteiger partial charge >= 0.3 is 0 Å². The molecule has 0 heterocycles. The number of amides is 2. The van der Waals surface area contributed by atoms with E-state index in [-0.39, 0.29) is 22.2 Å². The predicted octanol–water partition coefficient (Wildman–Crippen LogP) is 7.76. The summed E-state index contributed by atoms with van der Waals surface area (Å²) in [7, 11) is -3.88. The van der Waals surface area contributed by atoms with Crippen molar-refractivity contribution >= 4 is 39.0 Å². The number of rotatable bonds is 21. The average Bonchev–Trinajstić information content (AvgIpc) is 2.98. The van der Waals surface area contributed by atoms with Gasteiger partial charge < -0.3 is 15.4 Å². The van der Waals surface area contributed by atoms with Crippen LogP contribution in [0.5, 0.6) is 5.75 Å². The Morgan fingerprint density at radius 2 is 1.16 bits per heavy atom. The average molecular weight is 644 g/mol. The van der Waals surface area contributed by atoms with Crippen LogP contribution in [0.3, 0.4) is 0 Å². The highest BCUT2D eigenvalue weighted by molar-refractivity contribution is 7.89. The van der Waals surface area contributed by atoms with Gasteiger partial charge in [-0.1, -0.05) is 105 Å². The number of anilines is 2. The molecule has 0 fully saturated rings. The molecule has 0 aliphatic heterocycles. The number of ether oxygens (including phenoxy) is 1. The molecule has 0 radical (unpaired) electrons. The number of hydrogen-bond acceptors (Lipinski definition) is 6. The highest BCUT2D eigenvalue weighted by Gasteiger charge is 2.36. The van der Waals surface area contributed by atoms with E-state index in [4.69, 9.17) is 9.88 Å². The third-order valence-corrected chi connectivity index (χ3v) is 8.49. The zero-order valence-corrected chi connectivity index (χ0v) is 28.3. The van der Waals surface area contributed by atoms with Gasteiger partial charge in [0.2, 0.25) is 22.0 Å². The van der Waals surface area contributed by atoms with Crippen molar-refractivity contribution in [1.29, 1.82) is 0 Å². The molecule has 250 valence electrons. The molecule has 0 aliphatic carbocycles. The first-order valence-electron chi connectivity index (χ1n) is 16.4. The minimum Gasteiger partial charge on any atom is -0.473 e. The number of carbonyl (C=O) groups excluding carboxylic acids is 3. The lowest BCUT2D eigenvalue weighted by molar-refractivity contribution is -0.140. The number of sulfonamides is 1. The molecule has 9 nitrogen and oxygen atoms in total. The highest BCUT2D eigenvalue weighted by atomic mass is 32.2. The van der Waals surface area contributed by atoms with E-state index in [2.05, 4.69) is 17.6 Å². The van der Waals surface area contributed by atoms with E-state index in [1.54, 1.807) is 45.0 Å². The van der Waals surface area contributed by atoms with Crippen molar-refractivity contribution < 1.29 is 27.5 Å². The van der Waals surface area contributed by atoms with Crippen LogP contribution in [-0.2, 0) is 24.4 Å². The van der Waals surface area contributed by atoms with Crippen LogP contribution in [0, 0.1) is 5.41 Å². The van der Waals surface area contributed by atoms with E-state index >= 15 is 0 Å². The van der Waals surface area contributed by atoms with Crippen LogP contribution >= 0.6 is 0 Å². The molecule has 2 aromatic carbocycles. The van der Waals surface area contributed by atoms with Gasteiger partial charge in [0.25, 0.3) is 5.91 Å². The van der Waals surface area contributed by atoms with E-state index < -0.39 is 33.2 Å². The molecule has 45 heavy (non-hydrogen) atoms. The van der Waals surface area contributed by atoms with Gasteiger partial charge in [0.1, 0.15) is 5.75 Å². The van der Waals surface area contributed by atoms with E-state index in [0.717, 1.165) is 19.3 Å². The van der Waals surface area contributed by atoms with E-state index in [1.807, 2.05) is 0 Å². The van der Waals surface area contributed by atoms with Crippen LogP contribution < -0.4 is 20.5 Å². The van der Waals surface area contributed by atoms with Crippen molar-refractivity contribution in [2.45, 2.75) is 129 Å². The number of nitrogens with one attached hydrogen (secondary N) is 2. The van der Waals surface area contributed by atoms with Gasteiger partial charge in [-0.25, -0.2) is 13.6 Å². The summed E-state index contributed by atoms with van der Waals surface area (Å²) in [6.45, 7) is 7.32. The van der Waals surface area contributed by atoms with Crippen molar-refractivity contribution in [3.05, 3.63) is 48.5 Å². The summed E-state index contributed by atoms with van der Waals surface area (Å²) in [6, 6.07) is 11.8. The van der Waals surface area contributed by atoms with Gasteiger partial charge in [-0.05, 0) is 55.0 Å². The Bertz CT molecular complexity index is 1300. The number of unbranched alkanes of at least 4 members (excludes halogenated alkanes) is 12. The molecule has 0 aromatic heterocycles. The molecule has 2 rings (SSSR count). The second kappa shape index (κ2) is 19.3. The maximum absolute atomic E-state index is 13.1. The second-order valence-electron chi connectivity index (χ2n) is 12.7. The van der Waals surface area contributed by atoms with E-state index in [1.165, 1.54) is 88.5 Å². The van der Waals surface area contributed by atoms with Crippen LogP contribution in [-0.4, -0.2) is 32.1 Å². The molecule has 0 aliphatic rings. The fraction of sp³-hybridized carbons (Fsp3) is 0.571. The van der Waals surface area contributed by atoms with Gasteiger partial charge in [0.15, 0.2) is 5.78 Å². The molecular formula is C35H53N3O6S. The fourth-order valence-corrected chi connectivity index (χ4v) is 5.35. The van der Waals surface area contributed by atoms with Crippen molar-refractivity contribution in [2.75, 3.05) is 10.6 Å². The summed E-state index contributed by atoms with van der Waals surface area (Å²) in [5.41, 5.74) is 0.00503. The topological polar surface area (TPSA) is 145 Å². The van der Waals surface area contributed by atoms with Crippen molar-refractivity contribution in [3.63, 3.8) is 0 Å². The normalized spacial score (nSPS) is 12.4. The molecule has 0 saturated carbocycles. The van der Waals surface area contributed by atoms with E-state index in [9.17, 15) is 22.8 Å². The third kappa shape index (κ3) is 15.1. The molecule has 2 amide bonds. The summed E-state index contributed by atoms with van der Waals surface area (Å²) in [6.07, 6.45) is 15.3. The number of hydrogen-bond donors (Lipinski definition) is 3. The van der Waals surface area contributed by atoms with E-state index in [0.29, 0.717) is 12.1 Å². The minimum atomic E-state index is -3.88. The summed E-state index contributed by atoms with van der Waals surface area (Å²) >= 11 is 0. The first-order chi connectivity index (χ1) is 21.3. The Morgan fingerprint density at radius 3 is 1.62 bits per heavy atom. The Balaban J connectivity index is 1.79. The molecule has 0 saturated heterocycles. The molecule has 4 N–H and O–H groups in total. The SMILES string of the molecule is CCCCCCCCCCCCCCCC(=O)Nc1ccc(OC(C(=O)Nc2ccc(S(N)(=O)=O)cc2)C(=O)C(C)(C)C)cc1. The van der Waals surface area contributed by atoms with Gasteiger partial charge in [0, 0.05) is 23.2 Å². The Hall–Kier alpha value is -3.24. The number of nitrogens with two attached hydrogens (primary N) is 1. The number of Topliss-reactive ketones (excluding diaryl/α,β-unsaturated/α-hetero) is 1. The van der Waals surface area contributed by atoms with Crippen LogP contribution in [0.15, 0.2) is 53.4 Å². The minimum absolute atomic E-state index is 0.0552. The number of ketones is 1. The Kier molecular flexibility index (Phi) is 16.3. The molecule has 0 spiro atoms. The molecule has 10 heteroatoms. The number of benzene rings is 2. The summed E-state index contributed by atoms with van der Waals surface area (Å²) in [5, 5.41) is 10.6. The van der Waals surface area contributed by atoms with Gasteiger partial charge in [-0.15, -0.1) is 0 Å². The molecule has 0 bridgehead atoms. The number of carbonyl (C=O) groups is 3. The molecule has 1 unspecified atom stereocenters. The second-order valence-corrected chi connectivity index (χ2v) is 14.3. The molecular weight excluding hydrogens is 590 g/mol. The van der Waals surface area contributed by atoms with Crippen LogP contribution in [0.1, 0.15) is 118 Å². The lowest BCUT2D eigenvalue weighted by atomic mass is 9.87. The smallest absolute Gasteiger partial charge is 0.273 e. The lowest BCUT2D eigenvalue weighted by Crippen LogP contribution is -2.45. The van der Waals surface area contributed by atoms with Crippen LogP contribution in [0.2, 0.25) is 0 Å². The zero-order chi connectivity index (χ0) is 33.3. The molecule has 1 atom stereocenters. The quantitative estimate of drug-likeness (QED) is 0.0937. The first-order valence-corrected chi connectivity index (χ1v) is 17.9. The summed E-state index contributed by atoms with van der Waals surface area (Å²) < 4.78 is 28.8. The predicted molar refractivity (Wildman–Crippen MR) is 181 cm³/mol. The van der Waals surface area contributed by atoms with Crippen LogP contribution in [0.25, 0.3) is 0 Å². The summed E-state index contributed by atoms with van der Waals surface area (Å²) in [5.74, 6) is -0.906. The van der Waals surface area contributed by atoms with Gasteiger partial charge in [-0.2, -0.15) is 0 Å². The Labute approximate surface area is 270 Å². The fourth-order valence-electron chi connectivity index (χ4n) is 4.83. The largest absolute Gasteiger partial charge is 0.473 e. The number of primary sulfonamides is 1. The van der Waals surface area contributed by atoms with Crippen molar-refractivity contribution in [1.82, 2.24) is 0 Å². The lowest BCUT2D eigenvalue weighted by Gasteiger charge is -2.25. The maximum Gasteiger partial charge on any atom is 0.273 e.